The van der Waals surface area contributed by atoms with E-state index in [0.29, 0.717) is 12.5 Å². The highest BCUT2D eigenvalue weighted by molar-refractivity contribution is 5.89. The van der Waals surface area contributed by atoms with E-state index in [1.807, 2.05) is 10.7 Å². The van der Waals surface area contributed by atoms with Gasteiger partial charge in [0.25, 0.3) is 0 Å². The Kier molecular flexibility index (Phi) is 5.50. The Labute approximate surface area is 142 Å². The number of nitrogens with one attached hydrogen (secondary N) is 1. The molecule has 0 unspecified atom stereocenters. The van der Waals surface area contributed by atoms with Crippen LogP contribution in [-0.4, -0.2) is 46.1 Å². The van der Waals surface area contributed by atoms with Gasteiger partial charge in [-0.05, 0) is 38.8 Å². The normalized spacial score (nSPS) is 20.3. The maximum absolute atomic E-state index is 12.2. The number of rotatable bonds is 6. The van der Waals surface area contributed by atoms with Crippen molar-refractivity contribution in [1.29, 1.82) is 0 Å². The Bertz CT molecular complexity index is 571. The highest BCUT2D eigenvalue weighted by Crippen LogP contribution is 2.31. The van der Waals surface area contributed by atoms with Crippen molar-refractivity contribution < 1.29 is 9.59 Å². The zero-order valence-corrected chi connectivity index (χ0v) is 14.1. The second-order valence-corrected chi connectivity index (χ2v) is 6.92. The van der Waals surface area contributed by atoms with Crippen molar-refractivity contribution in [3.05, 3.63) is 12.3 Å². The van der Waals surface area contributed by atoms with E-state index >= 15 is 0 Å². The maximum atomic E-state index is 12.2. The first kappa shape index (κ1) is 17.0. The van der Waals surface area contributed by atoms with Gasteiger partial charge in [-0.2, -0.15) is 5.10 Å². The van der Waals surface area contributed by atoms with Crippen molar-refractivity contribution in [2.75, 3.05) is 25.0 Å². The molecule has 1 saturated carbocycles. The lowest BCUT2D eigenvalue weighted by molar-refractivity contribution is -0.123. The van der Waals surface area contributed by atoms with Crippen molar-refractivity contribution in [2.24, 2.45) is 11.7 Å². The molecule has 1 aliphatic carbocycles. The number of nitrogens with two attached hydrogens (primary N) is 1. The molecule has 2 aliphatic rings. The number of anilines is 1. The molecular weight excluding hydrogens is 306 g/mol. The van der Waals surface area contributed by atoms with Gasteiger partial charge in [-0.25, -0.2) is 4.68 Å². The van der Waals surface area contributed by atoms with Crippen molar-refractivity contribution in [2.45, 2.75) is 51.0 Å². The fraction of sp³-hybridized carbons (Fsp3) is 0.706. The first-order chi connectivity index (χ1) is 11.6. The lowest BCUT2D eigenvalue weighted by atomic mass is 9.96. The molecule has 2 amide bonds. The van der Waals surface area contributed by atoms with E-state index in [0.717, 1.165) is 51.1 Å². The summed E-state index contributed by atoms with van der Waals surface area (Å²) in [4.78, 5) is 25.6. The largest absolute Gasteiger partial charge is 0.369 e. The van der Waals surface area contributed by atoms with Crippen molar-refractivity contribution in [3.8, 4) is 0 Å². The summed E-state index contributed by atoms with van der Waals surface area (Å²) in [5.41, 5.74) is 5.35. The smallest absolute Gasteiger partial charge is 0.226 e. The maximum Gasteiger partial charge on any atom is 0.226 e. The Balaban J connectivity index is 1.44. The van der Waals surface area contributed by atoms with Gasteiger partial charge in [-0.3, -0.25) is 9.59 Å². The van der Waals surface area contributed by atoms with Gasteiger partial charge in [0.2, 0.25) is 11.8 Å². The van der Waals surface area contributed by atoms with Gasteiger partial charge in [0.05, 0.1) is 12.2 Å². The Morgan fingerprint density at radius 3 is 2.58 bits per heavy atom. The third kappa shape index (κ3) is 4.14. The van der Waals surface area contributed by atoms with E-state index in [1.54, 1.807) is 6.20 Å². The number of carbonyl (C=O) groups is 2. The first-order valence-electron chi connectivity index (χ1n) is 8.98. The number of nitrogens with zero attached hydrogens (tertiary/aromatic N) is 3. The zero-order chi connectivity index (χ0) is 16.9. The third-order valence-corrected chi connectivity index (χ3v) is 5.25. The van der Waals surface area contributed by atoms with Crippen LogP contribution in [0.4, 0.5) is 5.82 Å². The minimum atomic E-state index is -0.201. The van der Waals surface area contributed by atoms with Gasteiger partial charge < -0.3 is 16.0 Å². The topological polar surface area (TPSA) is 93.2 Å². The van der Waals surface area contributed by atoms with Crippen molar-refractivity contribution in [1.82, 2.24) is 14.7 Å². The standard InChI is InChI=1S/C17H27N5O2/c18-17(24)13-6-10-21(11-7-13)12-8-16(23)20-15-5-9-19-22(15)14-3-1-2-4-14/h5,9,13-14H,1-4,6-8,10-12H2,(H2,18,24)(H,20,23). The van der Waals surface area contributed by atoms with Gasteiger partial charge >= 0.3 is 0 Å². The summed E-state index contributed by atoms with van der Waals surface area (Å²) in [7, 11) is 0. The number of aromatic nitrogens is 2. The number of primary amides is 1. The lowest BCUT2D eigenvalue weighted by Crippen LogP contribution is -2.39. The Morgan fingerprint density at radius 1 is 1.21 bits per heavy atom. The lowest BCUT2D eigenvalue weighted by Gasteiger charge is -2.30. The molecule has 1 aromatic heterocycles. The van der Waals surface area contributed by atoms with Crippen LogP contribution in [0.5, 0.6) is 0 Å². The van der Waals surface area contributed by atoms with Gasteiger partial charge in [0, 0.05) is 24.9 Å². The second-order valence-electron chi connectivity index (χ2n) is 6.92. The molecule has 0 aromatic carbocycles. The van der Waals surface area contributed by atoms with Gasteiger partial charge in [0.15, 0.2) is 0 Å². The molecular formula is C17H27N5O2. The van der Waals surface area contributed by atoms with Crippen molar-refractivity contribution in [3.63, 3.8) is 0 Å². The molecule has 3 rings (SSSR count). The summed E-state index contributed by atoms with van der Waals surface area (Å²) in [6.45, 7) is 2.39. The predicted octanol–water partition coefficient (Wildman–Crippen LogP) is 1.52. The van der Waals surface area contributed by atoms with Crippen LogP contribution in [0.1, 0.15) is 51.0 Å². The van der Waals surface area contributed by atoms with Crippen LogP contribution < -0.4 is 11.1 Å². The molecule has 0 spiro atoms. The molecule has 1 aromatic rings. The molecule has 2 heterocycles. The minimum absolute atomic E-state index is 0.00385. The average Bonchev–Trinajstić information content (AvgIpc) is 3.24. The molecule has 7 nitrogen and oxygen atoms in total. The number of carbonyl (C=O) groups excluding carboxylic acids is 2. The third-order valence-electron chi connectivity index (χ3n) is 5.25. The minimum Gasteiger partial charge on any atom is -0.369 e. The van der Waals surface area contributed by atoms with Crippen LogP contribution >= 0.6 is 0 Å². The first-order valence-corrected chi connectivity index (χ1v) is 8.98. The van der Waals surface area contributed by atoms with Crippen LogP contribution in [0, 0.1) is 5.92 Å². The highest BCUT2D eigenvalue weighted by Gasteiger charge is 2.24. The molecule has 0 bridgehead atoms. The van der Waals surface area contributed by atoms with Gasteiger partial charge in [-0.1, -0.05) is 12.8 Å². The summed E-state index contributed by atoms with van der Waals surface area (Å²) < 4.78 is 1.96. The van der Waals surface area contributed by atoms with Crippen LogP contribution in [-0.2, 0) is 9.59 Å². The van der Waals surface area contributed by atoms with Crippen LogP contribution in [0.15, 0.2) is 12.3 Å². The number of likely N-dealkylation sites (tertiary alicyclic amines) is 1. The van der Waals surface area contributed by atoms with E-state index in [1.165, 1.54) is 12.8 Å². The summed E-state index contributed by atoms with van der Waals surface area (Å²) in [6.07, 6.45) is 8.55. The molecule has 132 valence electrons. The predicted molar refractivity (Wildman–Crippen MR) is 91.3 cm³/mol. The molecule has 24 heavy (non-hydrogen) atoms. The quantitative estimate of drug-likeness (QED) is 0.825. The average molecular weight is 333 g/mol. The van der Waals surface area contributed by atoms with Gasteiger partial charge in [-0.15, -0.1) is 0 Å². The van der Waals surface area contributed by atoms with E-state index < -0.39 is 0 Å². The molecule has 7 heteroatoms. The fourth-order valence-electron chi connectivity index (χ4n) is 3.76. The molecule has 1 aliphatic heterocycles. The summed E-state index contributed by atoms with van der Waals surface area (Å²) in [5.74, 6) is 0.620. The van der Waals surface area contributed by atoms with Crippen LogP contribution in [0.2, 0.25) is 0 Å². The van der Waals surface area contributed by atoms with E-state index in [2.05, 4.69) is 15.3 Å². The van der Waals surface area contributed by atoms with Gasteiger partial charge in [0.1, 0.15) is 5.82 Å². The number of amides is 2. The molecule has 3 N–H and O–H groups in total. The molecule has 0 atom stereocenters. The van der Waals surface area contributed by atoms with E-state index in [9.17, 15) is 9.59 Å². The summed E-state index contributed by atoms with van der Waals surface area (Å²) in [6, 6.07) is 2.29. The summed E-state index contributed by atoms with van der Waals surface area (Å²) >= 11 is 0. The number of hydrogen-bond donors (Lipinski definition) is 2. The van der Waals surface area contributed by atoms with Crippen molar-refractivity contribution >= 4 is 17.6 Å². The summed E-state index contributed by atoms with van der Waals surface area (Å²) in [5, 5.41) is 7.37. The van der Waals surface area contributed by atoms with Crippen LogP contribution in [0.3, 0.4) is 0 Å². The molecule has 2 fully saturated rings. The zero-order valence-electron chi connectivity index (χ0n) is 14.1. The number of piperidine rings is 1. The Morgan fingerprint density at radius 2 is 1.92 bits per heavy atom. The molecule has 1 saturated heterocycles. The van der Waals surface area contributed by atoms with E-state index in [4.69, 9.17) is 5.73 Å². The van der Waals surface area contributed by atoms with Crippen LogP contribution in [0.25, 0.3) is 0 Å². The monoisotopic (exact) mass is 333 g/mol. The SMILES string of the molecule is NC(=O)C1CCN(CCC(=O)Nc2ccnn2C2CCCC2)CC1. The van der Waals surface area contributed by atoms with E-state index in [-0.39, 0.29) is 17.7 Å². The Hall–Kier alpha value is -1.89. The molecule has 0 radical (unpaired) electrons. The fourth-order valence-corrected chi connectivity index (χ4v) is 3.76. The highest BCUT2D eigenvalue weighted by atomic mass is 16.2. The number of hydrogen-bond acceptors (Lipinski definition) is 4. The second kappa shape index (κ2) is 7.79.